The number of likely N-dealkylation sites (tertiary alicyclic amines) is 1. The van der Waals surface area contributed by atoms with Crippen molar-refractivity contribution in [3.63, 3.8) is 0 Å². The van der Waals surface area contributed by atoms with Gasteiger partial charge in [-0.15, -0.1) is 0 Å². The Morgan fingerprint density at radius 2 is 2.06 bits per heavy atom. The van der Waals surface area contributed by atoms with Crippen molar-refractivity contribution in [2.75, 3.05) is 6.54 Å². The average Bonchev–Trinajstić information content (AvgIpc) is 2.29. The molecule has 0 aromatic heterocycles. The molecule has 0 bridgehead atoms. The molecule has 4 nitrogen and oxygen atoms in total. The first-order valence-electron chi connectivity index (χ1n) is 6.66. The smallest absolute Gasteiger partial charge is 0.305 e. The minimum atomic E-state index is -0.803. The van der Waals surface area contributed by atoms with Gasteiger partial charge in [0.05, 0.1) is 6.42 Å². The molecule has 1 atom stereocenters. The van der Waals surface area contributed by atoms with Crippen molar-refractivity contribution in [3.05, 3.63) is 0 Å². The molecule has 17 heavy (non-hydrogen) atoms. The third-order valence-corrected chi connectivity index (χ3v) is 3.35. The second-order valence-electron chi connectivity index (χ2n) is 4.79. The van der Waals surface area contributed by atoms with Gasteiger partial charge < -0.3 is 10.0 Å². The number of carboxylic acids is 1. The number of carbonyl (C=O) groups excluding carboxylic acids is 1. The fourth-order valence-corrected chi connectivity index (χ4v) is 2.41. The van der Waals surface area contributed by atoms with E-state index < -0.39 is 5.97 Å². The minimum absolute atomic E-state index is 0.0737. The van der Waals surface area contributed by atoms with Crippen LogP contribution in [0.2, 0.25) is 0 Å². The highest BCUT2D eigenvalue weighted by Crippen LogP contribution is 2.21. The number of carbonyl (C=O) groups is 2. The molecule has 1 aliphatic heterocycles. The topological polar surface area (TPSA) is 57.6 Å². The molecular formula is C13H23NO3. The lowest BCUT2D eigenvalue weighted by Crippen LogP contribution is -2.44. The number of carboxylic acid groups (broad SMARTS) is 1. The number of aliphatic carboxylic acids is 1. The number of unbranched alkanes of at least 4 members (excludes halogenated alkanes) is 2. The minimum Gasteiger partial charge on any atom is -0.481 e. The Kier molecular flexibility index (Phi) is 6.01. The molecule has 98 valence electrons. The molecule has 1 aliphatic rings. The molecule has 1 rings (SSSR count). The average molecular weight is 241 g/mol. The standard InChI is InChI=1S/C13H23NO3/c1-2-3-4-8-12(15)14-9-6-5-7-11(14)10-13(16)17/h11H,2-10H2,1H3,(H,16,17). The number of nitrogens with zero attached hydrogens (tertiary/aromatic N) is 1. The fourth-order valence-electron chi connectivity index (χ4n) is 2.41. The Morgan fingerprint density at radius 3 is 2.71 bits per heavy atom. The maximum absolute atomic E-state index is 12.0. The van der Waals surface area contributed by atoms with E-state index in [2.05, 4.69) is 6.92 Å². The molecule has 1 N–H and O–H groups in total. The summed E-state index contributed by atoms with van der Waals surface area (Å²) < 4.78 is 0. The van der Waals surface area contributed by atoms with Crippen LogP contribution < -0.4 is 0 Å². The molecule has 0 aromatic carbocycles. The Hall–Kier alpha value is -1.06. The van der Waals surface area contributed by atoms with E-state index >= 15 is 0 Å². The summed E-state index contributed by atoms with van der Waals surface area (Å²) in [5.41, 5.74) is 0. The van der Waals surface area contributed by atoms with Gasteiger partial charge in [-0.25, -0.2) is 0 Å². The first kappa shape index (κ1) is 14.0. The van der Waals surface area contributed by atoms with Gasteiger partial charge in [-0.1, -0.05) is 19.8 Å². The van der Waals surface area contributed by atoms with Crippen LogP contribution in [0, 0.1) is 0 Å². The number of rotatable bonds is 6. The lowest BCUT2D eigenvalue weighted by atomic mass is 9.98. The van der Waals surface area contributed by atoms with E-state index in [1.54, 1.807) is 4.90 Å². The molecule has 1 amide bonds. The van der Waals surface area contributed by atoms with Gasteiger partial charge in [0.25, 0.3) is 0 Å². The quantitative estimate of drug-likeness (QED) is 0.726. The Labute approximate surface area is 103 Å². The summed E-state index contributed by atoms with van der Waals surface area (Å²) >= 11 is 0. The van der Waals surface area contributed by atoms with E-state index in [1.807, 2.05) is 0 Å². The van der Waals surface area contributed by atoms with E-state index in [0.717, 1.165) is 45.1 Å². The molecule has 0 saturated carbocycles. The lowest BCUT2D eigenvalue weighted by molar-refractivity contribution is -0.142. The van der Waals surface area contributed by atoms with Crippen LogP contribution in [0.3, 0.4) is 0 Å². The Bertz CT molecular complexity index is 265. The zero-order valence-electron chi connectivity index (χ0n) is 10.7. The van der Waals surface area contributed by atoms with E-state index in [0.29, 0.717) is 6.42 Å². The molecule has 0 aliphatic carbocycles. The summed E-state index contributed by atoms with van der Waals surface area (Å²) in [4.78, 5) is 24.6. The van der Waals surface area contributed by atoms with Crippen LogP contribution in [-0.4, -0.2) is 34.5 Å². The first-order chi connectivity index (χ1) is 8.15. The largest absolute Gasteiger partial charge is 0.481 e. The van der Waals surface area contributed by atoms with Crippen molar-refractivity contribution in [1.82, 2.24) is 4.90 Å². The third kappa shape index (κ3) is 4.75. The zero-order chi connectivity index (χ0) is 12.7. The van der Waals surface area contributed by atoms with Crippen molar-refractivity contribution < 1.29 is 14.7 Å². The molecule has 4 heteroatoms. The van der Waals surface area contributed by atoms with E-state index in [4.69, 9.17) is 5.11 Å². The Balaban J connectivity index is 2.45. The summed E-state index contributed by atoms with van der Waals surface area (Å²) in [6.45, 7) is 2.85. The summed E-state index contributed by atoms with van der Waals surface area (Å²) in [6.07, 6.45) is 6.66. The molecule has 1 heterocycles. The maximum atomic E-state index is 12.0. The van der Waals surface area contributed by atoms with Crippen molar-refractivity contribution >= 4 is 11.9 Å². The normalized spacial score (nSPS) is 20.3. The lowest BCUT2D eigenvalue weighted by Gasteiger charge is -2.35. The van der Waals surface area contributed by atoms with Crippen LogP contribution in [0.4, 0.5) is 0 Å². The van der Waals surface area contributed by atoms with E-state index in [1.165, 1.54) is 0 Å². The predicted octanol–water partition coefficient (Wildman–Crippen LogP) is 2.42. The summed E-state index contributed by atoms with van der Waals surface area (Å²) in [7, 11) is 0. The van der Waals surface area contributed by atoms with E-state index in [-0.39, 0.29) is 18.4 Å². The molecular weight excluding hydrogens is 218 g/mol. The highest BCUT2D eigenvalue weighted by atomic mass is 16.4. The van der Waals surface area contributed by atoms with Crippen LogP contribution in [0.15, 0.2) is 0 Å². The van der Waals surface area contributed by atoms with Gasteiger partial charge in [0.2, 0.25) is 5.91 Å². The van der Waals surface area contributed by atoms with Gasteiger partial charge in [-0.2, -0.15) is 0 Å². The summed E-state index contributed by atoms with van der Waals surface area (Å²) in [5, 5.41) is 8.84. The van der Waals surface area contributed by atoms with Crippen molar-refractivity contribution in [3.8, 4) is 0 Å². The highest BCUT2D eigenvalue weighted by molar-refractivity contribution is 5.77. The second kappa shape index (κ2) is 7.30. The number of amides is 1. The fraction of sp³-hybridized carbons (Fsp3) is 0.846. The van der Waals surface area contributed by atoms with Gasteiger partial charge in [0, 0.05) is 19.0 Å². The zero-order valence-corrected chi connectivity index (χ0v) is 10.7. The van der Waals surface area contributed by atoms with Gasteiger partial charge >= 0.3 is 5.97 Å². The highest BCUT2D eigenvalue weighted by Gasteiger charge is 2.27. The number of hydrogen-bond acceptors (Lipinski definition) is 2. The van der Waals surface area contributed by atoms with Crippen molar-refractivity contribution in [2.45, 2.75) is 64.3 Å². The van der Waals surface area contributed by atoms with Gasteiger partial charge in [-0.3, -0.25) is 9.59 Å². The first-order valence-corrected chi connectivity index (χ1v) is 6.66. The molecule has 1 fully saturated rings. The van der Waals surface area contributed by atoms with E-state index in [9.17, 15) is 9.59 Å². The molecule has 0 radical (unpaired) electrons. The second-order valence-corrected chi connectivity index (χ2v) is 4.79. The third-order valence-electron chi connectivity index (χ3n) is 3.35. The van der Waals surface area contributed by atoms with Crippen LogP contribution in [0.25, 0.3) is 0 Å². The van der Waals surface area contributed by atoms with Crippen LogP contribution in [0.1, 0.15) is 58.3 Å². The predicted molar refractivity (Wildman–Crippen MR) is 65.7 cm³/mol. The maximum Gasteiger partial charge on any atom is 0.305 e. The molecule has 1 saturated heterocycles. The van der Waals surface area contributed by atoms with Crippen LogP contribution in [-0.2, 0) is 9.59 Å². The Morgan fingerprint density at radius 1 is 1.29 bits per heavy atom. The SMILES string of the molecule is CCCCCC(=O)N1CCCCC1CC(=O)O. The molecule has 1 unspecified atom stereocenters. The summed E-state index contributed by atoms with van der Waals surface area (Å²) in [5.74, 6) is -0.660. The van der Waals surface area contributed by atoms with Crippen LogP contribution >= 0.6 is 0 Å². The summed E-state index contributed by atoms with van der Waals surface area (Å²) in [6, 6.07) is -0.0737. The monoisotopic (exact) mass is 241 g/mol. The number of piperidine rings is 1. The number of hydrogen-bond donors (Lipinski definition) is 1. The molecule has 0 spiro atoms. The van der Waals surface area contributed by atoms with Gasteiger partial charge in [-0.05, 0) is 25.7 Å². The van der Waals surface area contributed by atoms with Gasteiger partial charge in [0.1, 0.15) is 0 Å². The van der Waals surface area contributed by atoms with Gasteiger partial charge in [0.15, 0.2) is 0 Å². The molecule has 0 aromatic rings. The van der Waals surface area contributed by atoms with Crippen LogP contribution in [0.5, 0.6) is 0 Å². The van der Waals surface area contributed by atoms with Crippen molar-refractivity contribution in [2.24, 2.45) is 0 Å². The van der Waals surface area contributed by atoms with Crippen molar-refractivity contribution in [1.29, 1.82) is 0 Å².